The minimum atomic E-state index is -4.48. The summed E-state index contributed by atoms with van der Waals surface area (Å²) in [7, 11) is 0. The number of halogens is 5. The van der Waals surface area contributed by atoms with Gasteiger partial charge in [0.05, 0.1) is 23.5 Å². The molecule has 2 rings (SSSR count). The van der Waals surface area contributed by atoms with Crippen LogP contribution in [-0.4, -0.2) is 4.98 Å². The van der Waals surface area contributed by atoms with Crippen LogP contribution in [0.5, 0.6) is 0 Å². The average molecular weight is 259 g/mol. The first kappa shape index (κ1) is 12.5. The van der Waals surface area contributed by atoms with Gasteiger partial charge in [0.25, 0.3) is 0 Å². The van der Waals surface area contributed by atoms with Gasteiger partial charge < -0.3 is 0 Å². The molecule has 0 amide bonds. The van der Waals surface area contributed by atoms with Crippen molar-refractivity contribution in [1.82, 2.24) is 4.98 Å². The molecule has 0 N–H and O–H groups in total. The van der Waals surface area contributed by atoms with Crippen molar-refractivity contribution in [1.29, 1.82) is 0 Å². The number of aromatic nitrogens is 1. The van der Waals surface area contributed by atoms with Crippen LogP contribution in [0.4, 0.5) is 22.0 Å². The third-order valence-corrected chi connectivity index (χ3v) is 2.35. The van der Waals surface area contributed by atoms with Crippen molar-refractivity contribution in [3.8, 4) is 11.1 Å². The lowest BCUT2D eigenvalue weighted by Gasteiger charge is -2.08. The molecule has 0 saturated carbocycles. The van der Waals surface area contributed by atoms with Crippen molar-refractivity contribution in [3.63, 3.8) is 0 Å². The van der Waals surface area contributed by atoms with Gasteiger partial charge >= 0.3 is 6.18 Å². The molecule has 0 radical (unpaired) electrons. The molecule has 0 bridgehead atoms. The van der Waals surface area contributed by atoms with Crippen LogP contribution in [0, 0.1) is 11.6 Å². The Bertz CT molecular complexity index is 539. The highest BCUT2D eigenvalue weighted by Gasteiger charge is 2.30. The average Bonchev–Trinajstić information content (AvgIpc) is 2.28. The molecule has 94 valence electrons. The van der Waals surface area contributed by atoms with E-state index in [-0.39, 0.29) is 5.56 Å². The first-order valence-corrected chi connectivity index (χ1v) is 4.86. The van der Waals surface area contributed by atoms with E-state index in [0.717, 1.165) is 36.7 Å². The van der Waals surface area contributed by atoms with Crippen molar-refractivity contribution >= 4 is 0 Å². The lowest BCUT2D eigenvalue weighted by atomic mass is 10.0. The van der Waals surface area contributed by atoms with Gasteiger partial charge in [-0.05, 0) is 17.7 Å². The van der Waals surface area contributed by atoms with Crippen LogP contribution in [0.3, 0.4) is 0 Å². The van der Waals surface area contributed by atoms with E-state index in [1.807, 2.05) is 0 Å². The zero-order valence-electron chi connectivity index (χ0n) is 8.80. The zero-order chi connectivity index (χ0) is 13.3. The Kier molecular flexibility index (Phi) is 3.02. The Morgan fingerprint density at radius 1 is 0.833 bits per heavy atom. The number of rotatable bonds is 1. The largest absolute Gasteiger partial charge is 0.416 e. The van der Waals surface area contributed by atoms with Gasteiger partial charge in [-0.3, -0.25) is 4.98 Å². The van der Waals surface area contributed by atoms with Crippen LogP contribution in [0.1, 0.15) is 5.56 Å². The zero-order valence-corrected chi connectivity index (χ0v) is 8.80. The third-order valence-electron chi connectivity index (χ3n) is 2.35. The van der Waals surface area contributed by atoms with Gasteiger partial charge in [0, 0.05) is 0 Å². The second-order valence-electron chi connectivity index (χ2n) is 3.55. The topological polar surface area (TPSA) is 12.9 Å². The van der Waals surface area contributed by atoms with E-state index in [0.29, 0.717) is 0 Å². The van der Waals surface area contributed by atoms with Crippen LogP contribution in [0.15, 0.2) is 36.7 Å². The molecule has 2 aromatic rings. The fraction of sp³-hybridized carbons (Fsp3) is 0.0833. The molecule has 0 fully saturated rings. The second-order valence-corrected chi connectivity index (χ2v) is 3.55. The Labute approximate surface area is 98.9 Å². The molecular weight excluding hydrogens is 253 g/mol. The van der Waals surface area contributed by atoms with Crippen molar-refractivity contribution < 1.29 is 22.0 Å². The predicted molar refractivity (Wildman–Crippen MR) is 54.6 cm³/mol. The fourth-order valence-electron chi connectivity index (χ4n) is 1.51. The van der Waals surface area contributed by atoms with E-state index >= 15 is 0 Å². The molecule has 1 nitrogen and oxygen atoms in total. The van der Waals surface area contributed by atoms with E-state index in [1.165, 1.54) is 0 Å². The monoisotopic (exact) mass is 259 g/mol. The molecule has 0 unspecified atom stereocenters. The normalized spacial score (nSPS) is 11.6. The number of alkyl halides is 3. The van der Waals surface area contributed by atoms with E-state index in [9.17, 15) is 22.0 Å². The molecular formula is C12H6F5N. The van der Waals surface area contributed by atoms with Gasteiger partial charge in [0.15, 0.2) is 11.6 Å². The van der Waals surface area contributed by atoms with E-state index in [2.05, 4.69) is 4.98 Å². The van der Waals surface area contributed by atoms with E-state index in [4.69, 9.17) is 0 Å². The molecule has 0 aliphatic carbocycles. The van der Waals surface area contributed by atoms with E-state index < -0.39 is 28.9 Å². The molecule has 0 spiro atoms. The Hall–Kier alpha value is -1.98. The number of benzene rings is 1. The summed E-state index contributed by atoms with van der Waals surface area (Å²) < 4.78 is 63.7. The predicted octanol–water partition coefficient (Wildman–Crippen LogP) is 4.05. The number of pyridine rings is 1. The molecule has 1 aromatic carbocycles. The fourth-order valence-corrected chi connectivity index (χ4v) is 1.51. The Morgan fingerprint density at radius 2 is 1.33 bits per heavy atom. The first-order valence-electron chi connectivity index (χ1n) is 4.86. The van der Waals surface area contributed by atoms with Crippen LogP contribution in [0.25, 0.3) is 11.1 Å². The van der Waals surface area contributed by atoms with Crippen molar-refractivity contribution in [3.05, 3.63) is 53.9 Å². The summed E-state index contributed by atoms with van der Waals surface area (Å²) in [5, 5.41) is 0. The smallest absolute Gasteiger partial charge is 0.259 e. The van der Waals surface area contributed by atoms with Crippen molar-refractivity contribution in [2.24, 2.45) is 0 Å². The summed E-state index contributed by atoms with van der Waals surface area (Å²) in [6.45, 7) is 0. The highest BCUT2D eigenvalue weighted by atomic mass is 19.4. The molecule has 0 atom stereocenters. The maximum Gasteiger partial charge on any atom is 0.416 e. The number of hydrogen-bond acceptors (Lipinski definition) is 1. The standard InChI is InChI=1S/C12H6F5N/c13-9-5-18-6-10(14)11(9)7-1-3-8(4-2-7)12(15,16)17/h1-6H. The van der Waals surface area contributed by atoms with Gasteiger partial charge in [-0.2, -0.15) is 13.2 Å². The highest BCUT2D eigenvalue weighted by molar-refractivity contribution is 5.64. The van der Waals surface area contributed by atoms with Crippen LogP contribution >= 0.6 is 0 Å². The van der Waals surface area contributed by atoms with Gasteiger partial charge in [-0.15, -0.1) is 0 Å². The molecule has 0 aliphatic rings. The lowest BCUT2D eigenvalue weighted by Crippen LogP contribution is -2.04. The number of hydrogen-bond donors (Lipinski definition) is 0. The minimum Gasteiger partial charge on any atom is -0.259 e. The van der Waals surface area contributed by atoms with Gasteiger partial charge in [-0.1, -0.05) is 12.1 Å². The molecule has 1 heterocycles. The number of nitrogens with zero attached hydrogens (tertiary/aromatic N) is 1. The SMILES string of the molecule is Fc1cncc(F)c1-c1ccc(C(F)(F)F)cc1. The lowest BCUT2D eigenvalue weighted by molar-refractivity contribution is -0.137. The maximum absolute atomic E-state index is 13.3. The summed E-state index contributed by atoms with van der Waals surface area (Å²) >= 11 is 0. The van der Waals surface area contributed by atoms with E-state index in [1.54, 1.807) is 0 Å². The quantitative estimate of drug-likeness (QED) is 0.704. The summed E-state index contributed by atoms with van der Waals surface area (Å²) in [5.74, 6) is -1.84. The van der Waals surface area contributed by atoms with Crippen molar-refractivity contribution in [2.75, 3.05) is 0 Å². The minimum absolute atomic E-state index is 0.0281. The third kappa shape index (κ3) is 2.32. The van der Waals surface area contributed by atoms with Gasteiger partial charge in [-0.25, -0.2) is 8.78 Å². The first-order chi connectivity index (χ1) is 8.39. The summed E-state index contributed by atoms with van der Waals surface area (Å²) in [5.41, 5.74) is -1.24. The highest BCUT2D eigenvalue weighted by Crippen LogP contribution is 2.32. The Morgan fingerprint density at radius 3 is 1.78 bits per heavy atom. The Balaban J connectivity index is 2.47. The molecule has 6 heteroatoms. The van der Waals surface area contributed by atoms with Gasteiger partial charge in [0.1, 0.15) is 0 Å². The summed E-state index contributed by atoms with van der Waals surface area (Å²) in [6.07, 6.45) is -2.87. The van der Waals surface area contributed by atoms with Crippen LogP contribution < -0.4 is 0 Å². The van der Waals surface area contributed by atoms with Gasteiger partial charge in [0.2, 0.25) is 0 Å². The second kappa shape index (κ2) is 4.36. The molecule has 1 aromatic heterocycles. The molecule has 0 saturated heterocycles. The summed E-state index contributed by atoms with van der Waals surface area (Å²) in [6, 6.07) is 3.58. The molecule has 0 aliphatic heterocycles. The van der Waals surface area contributed by atoms with Crippen LogP contribution in [-0.2, 0) is 6.18 Å². The maximum atomic E-state index is 13.3. The van der Waals surface area contributed by atoms with Crippen LogP contribution in [0.2, 0.25) is 0 Å². The summed E-state index contributed by atoms with van der Waals surface area (Å²) in [4.78, 5) is 3.30. The molecule has 18 heavy (non-hydrogen) atoms. The van der Waals surface area contributed by atoms with Crippen molar-refractivity contribution in [2.45, 2.75) is 6.18 Å².